The van der Waals surface area contributed by atoms with Gasteiger partial charge in [-0.1, -0.05) is 6.07 Å². The third kappa shape index (κ3) is 3.54. The fraction of sp³-hybridized carbons (Fsp3) is 0.545. The third-order valence-electron chi connectivity index (χ3n) is 2.67. The van der Waals surface area contributed by atoms with Crippen LogP contribution >= 0.6 is 12.4 Å². The molecule has 1 fully saturated rings. The van der Waals surface area contributed by atoms with E-state index in [9.17, 15) is 4.21 Å². The predicted molar refractivity (Wildman–Crippen MR) is 68.5 cm³/mol. The van der Waals surface area contributed by atoms with Gasteiger partial charge in [-0.15, -0.1) is 12.4 Å². The first-order valence-corrected chi connectivity index (χ1v) is 6.59. The summed E-state index contributed by atoms with van der Waals surface area (Å²) in [5.74, 6) is 1.29. The maximum atomic E-state index is 11.9. The van der Waals surface area contributed by atoms with Crippen LogP contribution in [0.5, 0.6) is 0 Å². The van der Waals surface area contributed by atoms with Crippen LogP contribution in [0.4, 0.5) is 0 Å². The van der Waals surface area contributed by atoms with Gasteiger partial charge in [0.1, 0.15) is 5.03 Å². The van der Waals surface area contributed by atoms with Gasteiger partial charge in [-0.05, 0) is 44.0 Å². The highest BCUT2D eigenvalue weighted by molar-refractivity contribution is 7.84. The van der Waals surface area contributed by atoms with Gasteiger partial charge in [-0.2, -0.15) is 0 Å². The Balaban J connectivity index is 0.00000128. The predicted octanol–water partition coefficient (Wildman–Crippen LogP) is 1.53. The standard InChI is InChI=1S/C11H16N2OS.ClH/c1-9-2-3-11(13-6-9)15(14)8-10-4-5-12-7-10;/h2-3,6,10,12H,4-5,7-8H2,1H3;1H. The minimum absolute atomic E-state index is 0. The normalized spacial score (nSPS) is 21.4. The van der Waals surface area contributed by atoms with Crippen molar-refractivity contribution in [1.29, 1.82) is 0 Å². The van der Waals surface area contributed by atoms with Gasteiger partial charge >= 0.3 is 0 Å². The minimum Gasteiger partial charge on any atom is -0.316 e. The maximum absolute atomic E-state index is 11.9. The molecule has 16 heavy (non-hydrogen) atoms. The molecule has 0 radical (unpaired) electrons. The summed E-state index contributed by atoms with van der Waals surface area (Å²) in [6.45, 7) is 4.04. The lowest BCUT2D eigenvalue weighted by molar-refractivity contribution is 0.631. The van der Waals surface area contributed by atoms with Crippen molar-refractivity contribution < 1.29 is 4.21 Å². The van der Waals surface area contributed by atoms with Crippen LogP contribution in [0.1, 0.15) is 12.0 Å². The average molecular weight is 261 g/mol. The molecule has 90 valence electrons. The highest BCUT2D eigenvalue weighted by atomic mass is 35.5. The fourth-order valence-corrected chi connectivity index (χ4v) is 3.02. The summed E-state index contributed by atoms with van der Waals surface area (Å²) >= 11 is 0. The Labute approximate surface area is 105 Å². The SMILES string of the molecule is Cc1ccc(S(=O)CC2CCNC2)nc1.Cl. The van der Waals surface area contributed by atoms with Gasteiger partial charge in [0.15, 0.2) is 0 Å². The molecule has 0 spiro atoms. The van der Waals surface area contributed by atoms with Crippen LogP contribution in [0.3, 0.4) is 0 Å². The number of hydrogen-bond donors (Lipinski definition) is 1. The monoisotopic (exact) mass is 260 g/mol. The number of pyridine rings is 1. The second kappa shape index (κ2) is 6.33. The Bertz CT molecular complexity index is 350. The molecule has 1 aromatic heterocycles. The molecule has 1 aliphatic rings. The molecule has 2 rings (SSSR count). The van der Waals surface area contributed by atoms with Crippen LogP contribution in [0.25, 0.3) is 0 Å². The molecule has 0 aliphatic carbocycles. The van der Waals surface area contributed by atoms with Gasteiger partial charge in [0.05, 0.1) is 10.8 Å². The summed E-state index contributed by atoms with van der Waals surface area (Å²) in [7, 11) is -0.933. The smallest absolute Gasteiger partial charge is 0.127 e. The molecule has 2 heterocycles. The van der Waals surface area contributed by atoms with Crippen molar-refractivity contribution in [3.05, 3.63) is 23.9 Å². The first-order valence-electron chi connectivity index (χ1n) is 5.27. The molecule has 5 heteroatoms. The molecule has 1 aliphatic heterocycles. The van der Waals surface area contributed by atoms with Crippen LogP contribution in [-0.2, 0) is 10.8 Å². The Morgan fingerprint density at radius 1 is 1.56 bits per heavy atom. The minimum atomic E-state index is -0.933. The van der Waals surface area contributed by atoms with Crippen LogP contribution < -0.4 is 5.32 Å². The number of hydrogen-bond acceptors (Lipinski definition) is 3. The van der Waals surface area contributed by atoms with Crippen LogP contribution in [0, 0.1) is 12.8 Å². The number of aryl methyl sites for hydroxylation is 1. The Hall–Kier alpha value is -0.450. The van der Waals surface area contributed by atoms with E-state index >= 15 is 0 Å². The largest absolute Gasteiger partial charge is 0.316 e. The zero-order valence-corrected chi connectivity index (χ0v) is 10.9. The quantitative estimate of drug-likeness (QED) is 0.896. The summed E-state index contributed by atoms with van der Waals surface area (Å²) in [6, 6.07) is 3.83. The van der Waals surface area contributed by atoms with Gasteiger partial charge in [0.25, 0.3) is 0 Å². The fourth-order valence-electron chi connectivity index (χ4n) is 1.75. The van der Waals surface area contributed by atoms with E-state index in [2.05, 4.69) is 10.3 Å². The van der Waals surface area contributed by atoms with Crippen molar-refractivity contribution >= 4 is 23.2 Å². The van der Waals surface area contributed by atoms with Crippen molar-refractivity contribution in [3.63, 3.8) is 0 Å². The highest BCUT2D eigenvalue weighted by Crippen LogP contribution is 2.13. The second-order valence-corrected chi connectivity index (χ2v) is 5.49. The van der Waals surface area contributed by atoms with E-state index in [0.29, 0.717) is 10.9 Å². The molecule has 1 saturated heterocycles. The summed E-state index contributed by atoms with van der Waals surface area (Å²) in [6.07, 6.45) is 2.91. The lowest BCUT2D eigenvalue weighted by Crippen LogP contribution is -2.15. The Kier molecular flexibility index (Phi) is 5.38. The molecule has 1 N–H and O–H groups in total. The number of halogens is 1. The van der Waals surface area contributed by atoms with Crippen molar-refractivity contribution in [2.75, 3.05) is 18.8 Å². The molecule has 3 nitrogen and oxygen atoms in total. The zero-order chi connectivity index (χ0) is 10.7. The Morgan fingerprint density at radius 3 is 2.94 bits per heavy atom. The number of aromatic nitrogens is 1. The molecular weight excluding hydrogens is 244 g/mol. The number of rotatable bonds is 3. The summed E-state index contributed by atoms with van der Waals surface area (Å²) < 4.78 is 11.9. The van der Waals surface area contributed by atoms with Crippen LogP contribution in [-0.4, -0.2) is 28.0 Å². The van der Waals surface area contributed by atoms with E-state index in [4.69, 9.17) is 0 Å². The van der Waals surface area contributed by atoms with Gasteiger partial charge in [0, 0.05) is 11.9 Å². The molecule has 0 saturated carbocycles. The van der Waals surface area contributed by atoms with Crippen molar-refractivity contribution in [1.82, 2.24) is 10.3 Å². The first-order chi connectivity index (χ1) is 7.25. The van der Waals surface area contributed by atoms with E-state index in [1.165, 1.54) is 0 Å². The van der Waals surface area contributed by atoms with E-state index < -0.39 is 10.8 Å². The van der Waals surface area contributed by atoms with Gasteiger partial charge in [-0.3, -0.25) is 4.21 Å². The second-order valence-electron chi connectivity index (χ2n) is 4.04. The lowest BCUT2D eigenvalue weighted by Gasteiger charge is -2.07. The lowest BCUT2D eigenvalue weighted by atomic mass is 10.2. The highest BCUT2D eigenvalue weighted by Gasteiger charge is 2.18. The average Bonchev–Trinajstić information content (AvgIpc) is 2.71. The van der Waals surface area contributed by atoms with E-state index in [1.807, 2.05) is 19.1 Å². The van der Waals surface area contributed by atoms with Gasteiger partial charge in [0.2, 0.25) is 0 Å². The molecular formula is C11H17ClN2OS. The topological polar surface area (TPSA) is 42.0 Å². The maximum Gasteiger partial charge on any atom is 0.127 e. The van der Waals surface area contributed by atoms with Crippen molar-refractivity contribution in [3.8, 4) is 0 Å². The van der Waals surface area contributed by atoms with Crippen LogP contribution in [0.2, 0.25) is 0 Å². The van der Waals surface area contributed by atoms with Crippen LogP contribution in [0.15, 0.2) is 23.4 Å². The summed E-state index contributed by atoms with van der Waals surface area (Å²) in [5, 5.41) is 4.00. The van der Waals surface area contributed by atoms with E-state index in [-0.39, 0.29) is 12.4 Å². The van der Waals surface area contributed by atoms with E-state index in [1.54, 1.807) is 6.20 Å². The van der Waals surface area contributed by atoms with Crippen molar-refractivity contribution in [2.45, 2.75) is 18.4 Å². The molecule has 0 aromatic carbocycles. The summed E-state index contributed by atoms with van der Waals surface area (Å²) in [4.78, 5) is 4.20. The van der Waals surface area contributed by atoms with Crippen molar-refractivity contribution in [2.24, 2.45) is 5.92 Å². The van der Waals surface area contributed by atoms with E-state index in [0.717, 1.165) is 30.8 Å². The molecule has 2 unspecified atom stereocenters. The first kappa shape index (κ1) is 13.6. The Morgan fingerprint density at radius 2 is 2.38 bits per heavy atom. The molecule has 0 amide bonds. The summed E-state index contributed by atoms with van der Waals surface area (Å²) in [5.41, 5.74) is 1.11. The number of nitrogens with zero attached hydrogens (tertiary/aromatic N) is 1. The molecule has 1 aromatic rings. The zero-order valence-electron chi connectivity index (χ0n) is 9.31. The van der Waals surface area contributed by atoms with Gasteiger partial charge < -0.3 is 5.32 Å². The molecule has 0 bridgehead atoms. The van der Waals surface area contributed by atoms with Gasteiger partial charge in [-0.25, -0.2) is 4.98 Å². The number of nitrogens with one attached hydrogen (secondary N) is 1. The third-order valence-corrected chi connectivity index (χ3v) is 4.15. The molecule has 2 atom stereocenters.